The lowest BCUT2D eigenvalue weighted by atomic mass is 10.1. The number of carbonyl (C=O) groups is 1. The lowest BCUT2D eigenvalue weighted by molar-refractivity contribution is -0.133. The molecule has 0 atom stereocenters. The number of carbonyl (C=O) groups excluding carboxylic acids is 1. The molecular formula is C19H25ClN2O3S. The fourth-order valence-corrected chi connectivity index (χ4v) is 3.15. The van der Waals surface area contributed by atoms with E-state index >= 15 is 0 Å². The fraction of sp³-hybridized carbons (Fsp3) is 0.474. The van der Waals surface area contributed by atoms with Gasteiger partial charge in [0.05, 0.1) is 18.8 Å². The van der Waals surface area contributed by atoms with Crippen LogP contribution in [0.3, 0.4) is 0 Å². The maximum atomic E-state index is 12.4. The van der Waals surface area contributed by atoms with Crippen molar-refractivity contribution in [3.05, 3.63) is 45.4 Å². The minimum absolute atomic E-state index is 0.129. The van der Waals surface area contributed by atoms with E-state index in [0.29, 0.717) is 43.7 Å². The summed E-state index contributed by atoms with van der Waals surface area (Å²) in [6, 6.07) is 7.23. The Balaban J connectivity index is 1.92. The van der Waals surface area contributed by atoms with Gasteiger partial charge in [-0.2, -0.15) is 0 Å². The zero-order valence-electron chi connectivity index (χ0n) is 15.4. The number of benzene rings is 1. The van der Waals surface area contributed by atoms with E-state index < -0.39 is 0 Å². The van der Waals surface area contributed by atoms with Crippen LogP contribution in [0.4, 0.5) is 0 Å². The average Bonchev–Trinajstić information content (AvgIpc) is 3.05. The van der Waals surface area contributed by atoms with Gasteiger partial charge in [0, 0.05) is 30.5 Å². The van der Waals surface area contributed by atoms with Crippen LogP contribution >= 0.6 is 22.9 Å². The first kappa shape index (κ1) is 20.7. The van der Waals surface area contributed by atoms with Gasteiger partial charge < -0.3 is 14.4 Å². The number of nitrogens with zero attached hydrogens (tertiary/aromatic N) is 2. The first-order valence-electron chi connectivity index (χ1n) is 8.56. The molecule has 1 amide bonds. The second kappa shape index (κ2) is 10.5. The largest absolute Gasteiger partial charge is 0.486 e. The van der Waals surface area contributed by atoms with E-state index in [4.69, 9.17) is 21.1 Å². The fourth-order valence-electron chi connectivity index (χ4n) is 2.33. The number of methoxy groups -OCH3 is 1. The molecule has 2 aromatic rings. The zero-order valence-corrected chi connectivity index (χ0v) is 17.0. The van der Waals surface area contributed by atoms with Gasteiger partial charge in [0.1, 0.15) is 17.4 Å². The molecule has 0 radical (unpaired) electrons. The van der Waals surface area contributed by atoms with Gasteiger partial charge in [-0.3, -0.25) is 4.79 Å². The van der Waals surface area contributed by atoms with Crippen LogP contribution in [0.1, 0.15) is 31.0 Å². The van der Waals surface area contributed by atoms with Gasteiger partial charge in [0.25, 0.3) is 0 Å². The van der Waals surface area contributed by atoms with Crippen LogP contribution in [0.2, 0.25) is 5.02 Å². The van der Waals surface area contributed by atoms with Gasteiger partial charge in [0.15, 0.2) is 0 Å². The van der Waals surface area contributed by atoms with Crippen LogP contribution in [-0.4, -0.2) is 36.1 Å². The lowest BCUT2D eigenvalue weighted by Crippen LogP contribution is -2.34. The van der Waals surface area contributed by atoms with Gasteiger partial charge in [-0.25, -0.2) is 4.98 Å². The van der Waals surface area contributed by atoms with Crippen molar-refractivity contribution < 1.29 is 14.3 Å². The molecule has 0 unspecified atom stereocenters. The monoisotopic (exact) mass is 396 g/mol. The van der Waals surface area contributed by atoms with E-state index in [1.807, 2.05) is 36.3 Å². The molecular weight excluding hydrogens is 372 g/mol. The lowest BCUT2D eigenvalue weighted by Gasteiger charge is -2.22. The molecule has 142 valence electrons. The quantitative estimate of drug-likeness (QED) is 0.597. The summed E-state index contributed by atoms with van der Waals surface area (Å²) in [6.45, 7) is 6.05. The maximum Gasteiger partial charge on any atom is 0.223 e. The molecule has 2 rings (SSSR count). The Labute approximate surface area is 163 Å². The molecule has 26 heavy (non-hydrogen) atoms. The van der Waals surface area contributed by atoms with Crippen molar-refractivity contribution in [2.45, 2.75) is 33.4 Å². The molecule has 0 fully saturated rings. The Morgan fingerprint density at radius 3 is 2.69 bits per heavy atom. The number of thiazole rings is 1. The molecule has 0 saturated heterocycles. The molecule has 0 spiro atoms. The van der Waals surface area contributed by atoms with Gasteiger partial charge in [-0.05, 0) is 30.2 Å². The number of rotatable bonds is 10. The molecule has 1 aromatic carbocycles. The molecule has 0 saturated carbocycles. The summed E-state index contributed by atoms with van der Waals surface area (Å²) in [4.78, 5) is 18.8. The molecule has 5 nitrogen and oxygen atoms in total. The van der Waals surface area contributed by atoms with Crippen molar-refractivity contribution >= 4 is 28.8 Å². The van der Waals surface area contributed by atoms with Gasteiger partial charge in [0.2, 0.25) is 5.91 Å². The Morgan fingerprint density at radius 2 is 2.04 bits per heavy atom. The molecule has 0 bridgehead atoms. The highest BCUT2D eigenvalue weighted by Gasteiger charge is 2.16. The number of amides is 1. The van der Waals surface area contributed by atoms with Crippen LogP contribution in [0.5, 0.6) is 5.75 Å². The van der Waals surface area contributed by atoms with E-state index in [1.165, 1.54) is 11.3 Å². The first-order chi connectivity index (χ1) is 12.5. The van der Waals surface area contributed by atoms with Gasteiger partial charge in [-0.15, -0.1) is 11.3 Å². The SMILES string of the molecule is COCCN(Cc1csc(COc2ccc(Cl)cc2)n1)C(=O)CC(C)C. The van der Waals surface area contributed by atoms with Gasteiger partial charge >= 0.3 is 0 Å². The summed E-state index contributed by atoms with van der Waals surface area (Å²) < 4.78 is 10.8. The Kier molecular flexibility index (Phi) is 8.35. The van der Waals surface area contributed by atoms with Crippen molar-refractivity contribution in [3.8, 4) is 5.75 Å². The predicted molar refractivity (Wildman–Crippen MR) is 105 cm³/mol. The minimum atomic E-state index is 0.129. The highest BCUT2D eigenvalue weighted by atomic mass is 35.5. The van der Waals surface area contributed by atoms with Gasteiger partial charge in [-0.1, -0.05) is 25.4 Å². The number of hydrogen-bond donors (Lipinski definition) is 0. The molecule has 7 heteroatoms. The van der Waals surface area contributed by atoms with Crippen LogP contribution in [0.25, 0.3) is 0 Å². The summed E-state index contributed by atoms with van der Waals surface area (Å²) in [6.07, 6.45) is 0.528. The van der Waals surface area contributed by atoms with E-state index in [9.17, 15) is 4.79 Å². The number of aromatic nitrogens is 1. The van der Waals surface area contributed by atoms with Crippen LogP contribution < -0.4 is 4.74 Å². The van der Waals surface area contributed by atoms with Crippen molar-refractivity contribution in [3.63, 3.8) is 0 Å². The third-order valence-corrected chi connectivity index (χ3v) is 4.75. The third kappa shape index (κ3) is 6.94. The summed E-state index contributed by atoms with van der Waals surface area (Å²) >= 11 is 7.40. The molecule has 1 heterocycles. The van der Waals surface area contributed by atoms with Crippen molar-refractivity contribution in [2.24, 2.45) is 5.92 Å². The van der Waals surface area contributed by atoms with E-state index in [2.05, 4.69) is 4.98 Å². The van der Waals surface area contributed by atoms with E-state index in [-0.39, 0.29) is 5.91 Å². The first-order valence-corrected chi connectivity index (χ1v) is 9.82. The standard InChI is InChI=1S/C19H25ClN2O3S/c1-14(2)10-19(23)22(8-9-24-3)11-16-13-26-18(21-16)12-25-17-6-4-15(20)5-7-17/h4-7,13-14H,8-12H2,1-3H3. The summed E-state index contributed by atoms with van der Waals surface area (Å²) in [5, 5.41) is 3.53. The average molecular weight is 397 g/mol. The smallest absolute Gasteiger partial charge is 0.223 e. The summed E-state index contributed by atoms with van der Waals surface area (Å²) in [5.41, 5.74) is 0.873. The normalized spacial score (nSPS) is 11.0. The second-order valence-electron chi connectivity index (χ2n) is 6.38. The van der Waals surface area contributed by atoms with Crippen molar-refractivity contribution in [1.29, 1.82) is 0 Å². The number of ether oxygens (including phenoxy) is 2. The molecule has 0 N–H and O–H groups in total. The Bertz CT molecular complexity index is 688. The van der Waals surface area contributed by atoms with Crippen LogP contribution in [0.15, 0.2) is 29.6 Å². The summed E-state index contributed by atoms with van der Waals surface area (Å²) in [7, 11) is 1.64. The number of hydrogen-bond acceptors (Lipinski definition) is 5. The topological polar surface area (TPSA) is 51.7 Å². The second-order valence-corrected chi connectivity index (χ2v) is 7.76. The zero-order chi connectivity index (χ0) is 18.9. The van der Waals surface area contributed by atoms with E-state index in [0.717, 1.165) is 16.5 Å². The van der Waals surface area contributed by atoms with Crippen LogP contribution in [-0.2, 0) is 22.7 Å². The number of halogens is 1. The molecule has 0 aliphatic heterocycles. The summed E-state index contributed by atoms with van der Waals surface area (Å²) in [5.74, 6) is 1.20. The van der Waals surface area contributed by atoms with E-state index in [1.54, 1.807) is 19.2 Å². The Hall–Kier alpha value is -1.63. The maximum absolute atomic E-state index is 12.4. The minimum Gasteiger partial charge on any atom is -0.486 e. The molecule has 0 aliphatic carbocycles. The predicted octanol–water partition coefficient (Wildman–Crippen LogP) is 4.40. The highest BCUT2D eigenvalue weighted by Crippen LogP contribution is 2.19. The molecule has 1 aromatic heterocycles. The van der Waals surface area contributed by atoms with Crippen molar-refractivity contribution in [2.75, 3.05) is 20.3 Å². The van der Waals surface area contributed by atoms with Crippen molar-refractivity contribution in [1.82, 2.24) is 9.88 Å². The highest BCUT2D eigenvalue weighted by molar-refractivity contribution is 7.09. The Morgan fingerprint density at radius 1 is 1.31 bits per heavy atom. The molecule has 0 aliphatic rings. The van der Waals surface area contributed by atoms with Crippen LogP contribution in [0, 0.1) is 5.92 Å². The third-order valence-electron chi connectivity index (χ3n) is 3.63.